The summed E-state index contributed by atoms with van der Waals surface area (Å²) in [5.74, 6) is -0.500. The number of carbonyl (C=O) groups is 1. The van der Waals surface area contributed by atoms with Crippen LogP contribution in [0.1, 0.15) is 56.4 Å². The predicted octanol–water partition coefficient (Wildman–Crippen LogP) is 6.96. The summed E-state index contributed by atoms with van der Waals surface area (Å²) in [5, 5.41) is 9.80. The molecule has 164 valence electrons. The van der Waals surface area contributed by atoms with E-state index in [9.17, 15) is 23.2 Å². The van der Waals surface area contributed by atoms with Crippen LogP contribution in [0.25, 0.3) is 11.3 Å². The number of ether oxygens (including phenoxy) is 2. The third-order valence-electron chi connectivity index (χ3n) is 4.46. The summed E-state index contributed by atoms with van der Waals surface area (Å²) in [7, 11) is 0. The first-order valence-electron chi connectivity index (χ1n) is 9.75. The van der Waals surface area contributed by atoms with Gasteiger partial charge in [-0.1, -0.05) is 70.2 Å². The van der Waals surface area contributed by atoms with Gasteiger partial charge in [0.05, 0.1) is 12.2 Å². The highest BCUT2D eigenvalue weighted by Crippen LogP contribution is 2.38. The van der Waals surface area contributed by atoms with E-state index in [1.165, 1.54) is 12.1 Å². The van der Waals surface area contributed by atoms with E-state index < -0.39 is 29.2 Å². The standard InChI is InChI=1S/C24H24F3NO3/c1-5-14-30-22(29)31-21(18-8-6-7-9-20(18)24(25,26)27)19(15-28)16-10-12-17(13-11-16)23(2,3)4/h6-13H,5,14H2,1-4H3. The zero-order chi connectivity index (χ0) is 23.2. The lowest BCUT2D eigenvalue weighted by Crippen LogP contribution is -2.14. The molecule has 4 nitrogen and oxygen atoms in total. The Bertz CT molecular complexity index is 994. The van der Waals surface area contributed by atoms with Gasteiger partial charge >= 0.3 is 12.3 Å². The van der Waals surface area contributed by atoms with Crippen LogP contribution in [-0.4, -0.2) is 12.8 Å². The molecule has 0 aromatic heterocycles. The van der Waals surface area contributed by atoms with Gasteiger partial charge in [0.15, 0.2) is 5.76 Å². The van der Waals surface area contributed by atoms with Crippen LogP contribution >= 0.6 is 0 Å². The number of hydrogen-bond acceptors (Lipinski definition) is 4. The average Bonchev–Trinajstić information content (AvgIpc) is 2.71. The molecule has 0 N–H and O–H groups in total. The summed E-state index contributed by atoms with van der Waals surface area (Å²) in [5.41, 5.74) is -0.487. The molecule has 7 heteroatoms. The zero-order valence-electron chi connectivity index (χ0n) is 17.8. The van der Waals surface area contributed by atoms with E-state index in [0.29, 0.717) is 12.0 Å². The number of allylic oxidation sites excluding steroid dienone is 1. The summed E-state index contributed by atoms with van der Waals surface area (Å²) in [4.78, 5) is 12.1. The molecule has 0 amide bonds. The lowest BCUT2D eigenvalue weighted by molar-refractivity contribution is -0.137. The first kappa shape index (κ1) is 24.0. The van der Waals surface area contributed by atoms with Crippen LogP contribution in [0, 0.1) is 11.3 Å². The van der Waals surface area contributed by atoms with Gasteiger partial charge in [-0.25, -0.2) is 4.79 Å². The van der Waals surface area contributed by atoms with Crippen molar-refractivity contribution in [3.8, 4) is 6.07 Å². The molecule has 0 bridgehead atoms. The molecule has 0 atom stereocenters. The largest absolute Gasteiger partial charge is 0.513 e. The second kappa shape index (κ2) is 9.69. The van der Waals surface area contributed by atoms with Crippen molar-refractivity contribution in [1.29, 1.82) is 5.26 Å². The quantitative estimate of drug-likeness (QED) is 0.222. The fourth-order valence-corrected chi connectivity index (χ4v) is 2.85. The monoisotopic (exact) mass is 431 g/mol. The van der Waals surface area contributed by atoms with E-state index in [2.05, 4.69) is 0 Å². The zero-order valence-corrected chi connectivity index (χ0v) is 17.8. The third-order valence-corrected chi connectivity index (χ3v) is 4.46. The van der Waals surface area contributed by atoms with Crippen molar-refractivity contribution < 1.29 is 27.4 Å². The Kier molecular flexibility index (Phi) is 7.50. The van der Waals surface area contributed by atoms with Gasteiger partial charge in [-0.05, 0) is 29.0 Å². The molecule has 0 fully saturated rings. The second-order valence-corrected chi connectivity index (χ2v) is 7.89. The second-order valence-electron chi connectivity index (χ2n) is 7.89. The van der Waals surface area contributed by atoms with Crippen molar-refractivity contribution in [3.05, 3.63) is 70.8 Å². The van der Waals surface area contributed by atoms with Gasteiger partial charge in [-0.3, -0.25) is 0 Å². The van der Waals surface area contributed by atoms with E-state index in [0.717, 1.165) is 17.7 Å². The topological polar surface area (TPSA) is 59.3 Å². The fraction of sp³-hybridized carbons (Fsp3) is 0.333. The number of rotatable bonds is 5. The molecule has 2 aromatic rings. The Balaban J connectivity index is 2.70. The first-order chi connectivity index (χ1) is 14.5. The minimum Gasteiger partial charge on any atom is -0.434 e. The number of hydrogen-bond donors (Lipinski definition) is 0. The normalized spacial score (nSPS) is 12.6. The smallest absolute Gasteiger partial charge is 0.434 e. The van der Waals surface area contributed by atoms with Crippen molar-refractivity contribution in [3.63, 3.8) is 0 Å². The fourth-order valence-electron chi connectivity index (χ4n) is 2.85. The van der Waals surface area contributed by atoms with E-state index in [1.54, 1.807) is 31.2 Å². The maximum Gasteiger partial charge on any atom is 0.513 e. The predicted molar refractivity (Wildman–Crippen MR) is 112 cm³/mol. The first-order valence-corrected chi connectivity index (χ1v) is 9.75. The minimum atomic E-state index is -4.71. The average molecular weight is 431 g/mol. The van der Waals surface area contributed by atoms with E-state index in [1.807, 2.05) is 26.8 Å². The molecule has 0 saturated heterocycles. The lowest BCUT2D eigenvalue weighted by atomic mass is 9.86. The number of nitrogens with zero attached hydrogens (tertiary/aromatic N) is 1. The van der Waals surface area contributed by atoms with Crippen LogP contribution in [0.3, 0.4) is 0 Å². The van der Waals surface area contributed by atoms with Gasteiger partial charge in [-0.15, -0.1) is 0 Å². The molecule has 0 aliphatic heterocycles. The van der Waals surface area contributed by atoms with Crippen molar-refractivity contribution in [1.82, 2.24) is 0 Å². The van der Waals surface area contributed by atoms with Gasteiger partial charge in [0, 0.05) is 5.56 Å². The van der Waals surface area contributed by atoms with Gasteiger partial charge in [0.25, 0.3) is 0 Å². The Morgan fingerprint density at radius 3 is 2.16 bits per heavy atom. The van der Waals surface area contributed by atoms with Gasteiger partial charge in [0.2, 0.25) is 0 Å². The number of halogens is 3. The van der Waals surface area contributed by atoms with Crippen LogP contribution in [-0.2, 0) is 21.1 Å². The maximum atomic E-state index is 13.6. The molecular weight excluding hydrogens is 407 g/mol. The summed E-state index contributed by atoms with van der Waals surface area (Å²) < 4.78 is 50.9. The Morgan fingerprint density at radius 1 is 1.03 bits per heavy atom. The number of benzene rings is 2. The molecule has 2 rings (SSSR count). The molecule has 0 spiro atoms. The maximum absolute atomic E-state index is 13.6. The summed E-state index contributed by atoms with van der Waals surface area (Å²) in [6, 6.07) is 13.3. The Hall–Kier alpha value is -3.27. The highest BCUT2D eigenvalue weighted by molar-refractivity contribution is 5.97. The van der Waals surface area contributed by atoms with E-state index >= 15 is 0 Å². The highest BCUT2D eigenvalue weighted by Gasteiger charge is 2.35. The molecule has 0 heterocycles. The van der Waals surface area contributed by atoms with Crippen molar-refractivity contribution >= 4 is 17.5 Å². The molecule has 2 aromatic carbocycles. The Labute approximate surface area is 179 Å². The molecule has 31 heavy (non-hydrogen) atoms. The van der Waals surface area contributed by atoms with Gasteiger partial charge in [0.1, 0.15) is 11.6 Å². The molecule has 0 aliphatic rings. The van der Waals surface area contributed by atoms with Crippen LogP contribution in [0.15, 0.2) is 48.5 Å². The van der Waals surface area contributed by atoms with Gasteiger partial charge < -0.3 is 9.47 Å². The number of carbonyl (C=O) groups excluding carboxylic acids is 1. The van der Waals surface area contributed by atoms with Crippen molar-refractivity contribution in [2.24, 2.45) is 0 Å². The third kappa shape index (κ3) is 6.11. The highest BCUT2D eigenvalue weighted by atomic mass is 19.4. The summed E-state index contributed by atoms with van der Waals surface area (Å²) in [6.07, 6.45) is -5.38. The van der Waals surface area contributed by atoms with Crippen LogP contribution in [0.4, 0.5) is 18.0 Å². The molecule has 0 aliphatic carbocycles. The van der Waals surface area contributed by atoms with E-state index in [-0.39, 0.29) is 17.6 Å². The SMILES string of the molecule is CCCOC(=O)OC(=C(C#N)c1ccc(C(C)(C)C)cc1)c1ccccc1C(F)(F)F. The van der Waals surface area contributed by atoms with Gasteiger partial charge in [-0.2, -0.15) is 18.4 Å². The summed E-state index contributed by atoms with van der Waals surface area (Å²) in [6.45, 7) is 7.85. The number of nitriles is 1. The van der Waals surface area contributed by atoms with Crippen LogP contribution in [0.2, 0.25) is 0 Å². The molecule has 0 radical (unpaired) electrons. The van der Waals surface area contributed by atoms with Crippen LogP contribution < -0.4 is 0 Å². The minimum absolute atomic E-state index is 0.0369. The molecule has 0 saturated carbocycles. The van der Waals surface area contributed by atoms with Crippen molar-refractivity contribution in [2.75, 3.05) is 6.61 Å². The van der Waals surface area contributed by atoms with Crippen molar-refractivity contribution in [2.45, 2.75) is 45.7 Å². The number of alkyl halides is 3. The Morgan fingerprint density at radius 2 is 1.65 bits per heavy atom. The van der Waals surface area contributed by atoms with Crippen LogP contribution in [0.5, 0.6) is 0 Å². The molecule has 0 unspecified atom stereocenters. The van der Waals surface area contributed by atoms with E-state index in [4.69, 9.17) is 9.47 Å². The molecular formula is C24H24F3NO3. The lowest BCUT2D eigenvalue weighted by Gasteiger charge is -2.20. The summed E-state index contributed by atoms with van der Waals surface area (Å²) >= 11 is 0.